The molecule has 8 nitrogen and oxygen atoms in total. The van der Waals surface area contributed by atoms with Gasteiger partial charge in [0.2, 0.25) is 5.91 Å². The summed E-state index contributed by atoms with van der Waals surface area (Å²) < 4.78 is 26.4. The number of imidazole rings is 1. The lowest BCUT2D eigenvalue weighted by atomic mass is 10.2. The van der Waals surface area contributed by atoms with Gasteiger partial charge >= 0.3 is 0 Å². The van der Waals surface area contributed by atoms with Gasteiger partial charge in [0.1, 0.15) is 10.7 Å². The van der Waals surface area contributed by atoms with E-state index in [1.807, 2.05) is 53.2 Å². The number of nitrogens with one attached hydrogen (secondary N) is 2. The molecule has 2 aliphatic rings. The highest BCUT2D eigenvalue weighted by atomic mass is 35.5. The van der Waals surface area contributed by atoms with E-state index in [0.717, 1.165) is 47.7 Å². The Morgan fingerprint density at radius 3 is 2.46 bits per heavy atom. The van der Waals surface area contributed by atoms with Gasteiger partial charge in [-0.15, -0.1) is 0 Å². The lowest BCUT2D eigenvalue weighted by Gasteiger charge is -2.07. The summed E-state index contributed by atoms with van der Waals surface area (Å²) >= 11 is 5.54. The number of hydrogen-bond donors (Lipinski definition) is 2. The maximum absolute atomic E-state index is 12.3. The summed E-state index contributed by atoms with van der Waals surface area (Å²) in [6, 6.07) is 14.8. The third-order valence-corrected chi connectivity index (χ3v) is 7.55. The molecule has 1 aromatic carbocycles. The van der Waals surface area contributed by atoms with Gasteiger partial charge in [-0.2, -0.15) is 0 Å². The lowest BCUT2D eigenvalue weighted by molar-refractivity contribution is -0.117. The molecule has 0 radical (unpaired) electrons. The lowest BCUT2D eigenvalue weighted by Crippen LogP contribution is -2.14. The molecule has 0 saturated heterocycles. The number of fused-ring (bicyclic) bond motifs is 1. The van der Waals surface area contributed by atoms with Crippen LogP contribution in [0.25, 0.3) is 5.65 Å². The molecule has 0 atom stereocenters. The van der Waals surface area contributed by atoms with Crippen LogP contribution in [0.1, 0.15) is 42.9 Å². The summed E-state index contributed by atoms with van der Waals surface area (Å²) in [7, 11) is -3.38. The van der Waals surface area contributed by atoms with Crippen LogP contribution in [0.3, 0.4) is 0 Å². The van der Waals surface area contributed by atoms with Crippen LogP contribution in [0, 0.1) is 5.92 Å². The number of pyridine rings is 2. The Morgan fingerprint density at radius 1 is 1.08 bits per heavy atom. The molecule has 2 aliphatic carbocycles. The minimum atomic E-state index is -3.38. The molecule has 37 heavy (non-hydrogen) atoms. The van der Waals surface area contributed by atoms with Crippen molar-refractivity contribution in [3.05, 3.63) is 83.4 Å². The molecule has 3 aromatic heterocycles. The van der Waals surface area contributed by atoms with Crippen LogP contribution >= 0.6 is 11.6 Å². The number of rotatable bonds is 7. The molecule has 6 rings (SSSR count). The van der Waals surface area contributed by atoms with E-state index in [9.17, 15) is 13.2 Å². The Balaban J connectivity index is 0.000000348. The van der Waals surface area contributed by atoms with Crippen molar-refractivity contribution in [2.24, 2.45) is 5.92 Å². The van der Waals surface area contributed by atoms with Crippen LogP contribution in [-0.2, 0) is 21.2 Å². The average Bonchev–Trinajstić information content (AvgIpc) is 3.79. The first-order valence-corrected chi connectivity index (χ1v) is 14.5. The molecule has 0 aliphatic heterocycles. The van der Waals surface area contributed by atoms with Gasteiger partial charge in [-0.3, -0.25) is 4.79 Å². The smallest absolute Gasteiger partial charge is 0.228 e. The van der Waals surface area contributed by atoms with Crippen molar-refractivity contribution < 1.29 is 13.2 Å². The number of anilines is 2. The van der Waals surface area contributed by atoms with Gasteiger partial charge in [-0.1, -0.05) is 29.8 Å². The van der Waals surface area contributed by atoms with Crippen molar-refractivity contribution in [1.82, 2.24) is 14.4 Å². The maximum atomic E-state index is 12.3. The number of carbonyl (C=O) groups excluding carboxylic acids is 1. The molecule has 2 fully saturated rings. The van der Waals surface area contributed by atoms with Gasteiger partial charge in [0.05, 0.1) is 12.2 Å². The van der Waals surface area contributed by atoms with Crippen molar-refractivity contribution >= 4 is 44.5 Å². The summed E-state index contributed by atoms with van der Waals surface area (Å²) in [5.74, 6) is 1.09. The van der Waals surface area contributed by atoms with Crippen LogP contribution in [0.4, 0.5) is 11.5 Å². The molecule has 0 unspecified atom stereocenters. The monoisotopic (exact) mass is 537 g/mol. The van der Waals surface area contributed by atoms with Gasteiger partial charge in [0.15, 0.2) is 15.5 Å². The van der Waals surface area contributed by atoms with E-state index in [4.69, 9.17) is 11.6 Å². The number of carbonyl (C=O) groups is 1. The Labute approximate surface area is 221 Å². The second-order valence-corrected chi connectivity index (χ2v) is 11.9. The largest absolute Gasteiger partial charge is 0.379 e. The topological polar surface area (TPSA) is 105 Å². The summed E-state index contributed by atoms with van der Waals surface area (Å²) in [5.41, 5.74) is 3.03. The van der Waals surface area contributed by atoms with E-state index < -0.39 is 9.84 Å². The van der Waals surface area contributed by atoms with E-state index in [-0.39, 0.29) is 16.7 Å². The molecule has 10 heteroatoms. The van der Waals surface area contributed by atoms with Crippen LogP contribution in [0.15, 0.2) is 72.0 Å². The number of halogens is 1. The van der Waals surface area contributed by atoms with Crippen LogP contribution < -0.4 is 10.6 Å². The molecule has 3 heterocycles. The van der Waals surface area contributed by atoms with Crippen molar-refractivity contribution in [3.8, 4) is 0 Å². The standard InChI is InChI=1S/C21H23N5O3S.C6H5Cl/c1-30(28,29)18-8-15(13-2-3-13)11-26-12-17(24-20(18)26)10-23-16-6-7-22-19(9-16)25-21(27)14-4-5-14;7-6-4-2-1-3-5-6/h6-9,11-14H,2-5,10H2,1H3,(H2,22,23,25,27);1-5H. The molecule has 2 N–H and O–H groups in total. The van der Waals surface area contributed by atoms with Gasteiger partial charge in [-0.05, 0) is 61.4 Å². The third-order valence-electron chi connectivity index (χ3n) is 6.20. The predicted octanol–water partition coefficient (Wildman–Crippen LogP) is 5.31. The minimum Gasteiger partial charge on any atom is -0.379 e. The number of amides is 1. The molecule has 0 spiro atoms. The quantitative estimate of drug-likeness (QED) is 0.331. The van der Waals surface area contributed by atoms with Crippen LogP contribution in [-0.4, -0.2) is 34.9 Å². The maximum Gasteiger partial charge on any atom is 0.228 e. The van der Waals surface area contributed by atoms with Gasteiger partial charge in [0.25, 0.3) is 0 Å². The second kappa shape index (κ2) is 10.5. The Bertz CT molecular complexity index is 1530. The normalized spacial score (nSPS) is 15.1. The summed E-state index contributed by atoms with van der Waals surface area (Å²) in [6.07, 6.45) is 10.8. The van der Waals surface area contributed by atoms with E-state index in [0.29, 0.717) is 23.9 Å². The van der Waals surface area contributed by atoms with E-state index in [1.165, 1.54) is 6.26 Å². The molecule has 192 valence electrons. The predicted molar refractivity (Wildman–Crippen MR) is 145 cm³/mol. The molecule has 1 amide bonds. The summed E-state index contributed by atoms with van der Waals surface area (Å²) in [6.45, 7) is 0.420. The van der Waals surface area contributed by atoms with E-state index in [2.05, 4.69) is 20.6 Å². The number of benzene rings is 1. The zero-order valence-electron chi connectivity index (χ0n) is 20.4. The minimum absolute atomic E-state index is 0.0137. The van der Waals surface area contributed by atoms with E-state index >= 15 is 0 Å². The first kappa shape index (κ1) is 25.2. The van der Waals surface area contributed by atoms with Crippen molar-refractivity contribution in [2.75, 3.05) is 16.9 Å². The number of nitrogens with zero attached hydrogens (tertiary/aromatic N) is 3. The SMILES string of the molecule is CS(=O)(=O)c1cc(C2CC2)cn2cc(CNc3ccnc(NC(=O)C4CC4)c3)nc12.Clc1ccccc1. The first-order valence-electron chi connectivity index (χ1n) is 12.2. The molecular formula is C27H28ClN5O3S. The highest BCUT2D eigenvalue weighted by Gasteiger charge is 2.30. The Morgan fingerprint density at radius 2 is 1.84 bits per heavy atom. The summed E-state index contributed by atoms with van der Waals surface area (Å²) in [5, 5.41) is 6.90. The first-order chi connectivity index (χ1) is 17.8. The highest BCUT2D eigenvalue weighted by molar-refractivity contribution is 7.91. The molecule has 4 aromatic rings. The number of aromatic nitrogens is 3. The fourth-order valence-corrected chi connectivity index (χ4v) is 4.91. The highest BCUT2D eigenvalue weighted by Crippen LogP contribution is 2.41. The van der Waals surface area contributed by atoms with Gasteiger partial charge in [0, 0.05) is 47.5 Å². The molecule has 0 bridgehead atoms. The fraction of sp³-hybridized carbons (Fsp3) is 0.296. The van der Waals surface area contributed by atoms with Crippen molar-refractivity contribution in [1.29, 1.82) is 0 Å². The van der Waals surface area contributed by atoms with Crippen LogP contribution in [0.2, 0.25) is 5.02 Å². The second-order valence-electron chi connectivity index (χ2n) is 9.49. The zero-order valence-corrected chi connectivity index (χ0v) is 22.0. The van der Waals surface area contributed by atoms with Crippen LogP contribution in [0.5, 0.6) is 0 Å². The Kier molecular flexibility index (Phi) is 7.17. The molecular weight excluding hydrogens is 510 g/mol. The Hall–Kier alpha value is -3.43. The summed E-state index contributed by atoms with van der Waals surface area (Å²) in [4.78, 5) is 20.9. The zero-order chi connectivity index (χ0) is 26.0. The third kappa shape index (κ3) is 6.67. The number of sulfone groups is 1. The van der Waals surface area contributed by atoms with Gasteiger partial charge in [-0.25, -0.2) is 18.4 Å². The van der Waals surface area contributed by atoms with Crippen molar-refractivity contribution in [3.63, 3.8) is 0 Å². The number of hydrogen-bond acceptors (Lipinski definition) is 6. The van der Waals surface area contributed by atoms with Gasteiger partial charge < -0.3 is 15.0 Å². The average molecular weight is 538 g/mol. The van der Waals surface area contributed by atoms with E-state index in [1.54, 1.807) is 18.3 Å². The fourth-order valence-electron chi connectivity index (χ4n) is 3.93. The van der Waals surface area contributed by atoms with Crippen molar-refractivity contribution in [2.45, 2.75) is 43.0 Å². The molecule has 2 saturated carbocycles.